The van der Waals surface area contributed by atoms with Crippen molar-refractivity contribution in [2.75, 3.05) is 24.5 Å². The lowest BCUT2D eigenvalue weighted by molar-refractivity contribution is 0.365. The fourth-order valence-electron chi connectivity index (χ4n) is 3.34. The Morgan fingerprint density at radius 3 is 2.75 bits per heavy atom. The topological polar surface area (TPSA) is 103 Å². The summed E-state index contributed by atoms with van der Waals surface area (Å²) in [6, 6.07) is 5.23. The van der Waals surface area contributed by atoms with Gasteiger partial charge in [0, 0.05) is 37.4 Å². The minimum Gasteiger partial charge on any atom is -0.507 e. The third kappa shape index (κ3) is 3.53. The molecule has 8 nitrogen and oxygen atoms in total. The number of aromatic amines is 1. The second-order valence-electron chi connectivity index (χ2n) is 7.22. The van der Waals surface area contributed by atoms with E-state index in [-0.39, 0.29) is 5.75 Å². The molecule has 1 atom stereocenters. The second kappa shape index (κ2) is 7.51. The van der Waals surface area contributed by atoms with Gasteiger partial charge in [0.2, 0.25) is 11.9 Å². The zero-order chi connectivity index (χ0) is 19.7. The monoisotopic (exact) mass is 383 g/mol. The maximum atomic E-state index is 13.6. The third-order valence-corrected chi connectivity index (χ3v) is 5.02. The lowest BCUT2D eigenvalue weighted by Crippen LogP contribution is -2.53. The lowest BCUT2D eigenvalue weighted by Gasteiger charge is -2.35. The van der Waals surface area contributed by atoms with Crippen LogP contribution in [0.5, 0.6) is 5.75 Å². The summed E-state index contributed by atoms with van der Waals surface area (Å²) >= 11 is 0. The highest BCUT2D eigenvalue weighted by atomic mass is 19.1. The average Bonchev–Trinajstić information content (AvgIpc) is 3.14. The van der Waals surface area contributed by atoms with Gasteiger partial charge in [0.15, 0.2) is 0 Å². The summed E-state index contributed by atoms with van der Waals surface area (Å²) in [6.07, 6.45) is 3.04. The molecule has 4 rings (SSSR count). The SMILES string of the molecule is CC(C)C1CN(c2ncc(-c3ccc(-c4c[nH]nc4F)cc3O)nn2)CCN1. The number of aromatic nitrogens is 5. The van der Waals surface area contributed by atoms with Crippen molar-refractivity contribution in [2.24, 2.45) is 5.92 Å². The normalized spacial score (nSPS) is 17.3. The smallest absolute Gasteiger partial charge is 0.245 e. The van der Waals surface area contributed by atoms with Crippen LogP contribution in [-0.4, -0.2) is 56.2 Å². The molecule has 1 aliphatic rings. The molecule has 1 aliphatic heterocycles. The highest BCUT2D eigenvalue weighted by molar-refractivity contribution is 5.73. The van der Waals surface area contributed by atoms with Gasteiger partial charge in [-0.3, -0.25) is 5.10 Å². The molecule has 2 aromatic heterocycles. The number of rotatable bonds is 4. The van der Waals surface area contributed by atoms with Crippen molar-refractivity contribution in [3.05, 3.63) is 36.5 Å². The maximum absolute atomic E-state index is 13.6. The van der Waals surface area contributed by atoms with Crippen molar-refractivity contribution < 1.29 is 9.50 Å². The number of aromatic hydroxyl groups is 1. The fraction of sp³-hybridized carbons (Fsp3) is 0.368. The van der Waals surface area contributed by atoms with E-state index in [1.165, 1.54) is 12.3 Å². The van der Waals surface area contributed by atoms with Gasteiger partial charge in [0.05, 0.1) is 11.8 Å². The Labute approximate surface area is 161 Å². The summed E-state index contributed by atoms with van der Waals surface area (Å²) in [7, 11) is 0. The highest BCUT2D eigenvalue weighted by Gasteiger charge is 2.23. The van der Waals surface area contributed by atoms with E-state index in [0.717, 1.165) is 19.6 Å². The van der Waals surface area contributed by atoms with Crippen LogP contribution in [0.2, 0.25) is 0 Å². The molecular formula is C19H22FN7O. The molecule has 1 unspecified atom stereocenters. The van der Waals surface area contributed by atoms with Crippen LogP contribution < -0.4 is 10.2 Å². The average molecular weight is 383 g/mol. The zero-order valence-electron chi connectivity index (χ0n) is 15.7. The minimum atomic E-state index is -0.617. The highest BCUT2D eigenvalue weighted by Crippen LogP contribution is 2.32. The number of phenolic OH excluding ortho intramolecular Hbond substituents is 1. The minimum absolute atomic E-state index is 0.0241. The third-order valence-electron chi connectivity index (χ3n) is 5.02. The van der Waals surface area contributed by atoms with Gasteiger partial charge < -0.3 is 15.3 Å². The molecule has 1 saturated heterocycles. The van der Waals surface area contributed by atoms with Gasteiger partial charge in [-0.25, -0.2) is 4.98 Å². The number of phenols is 1. The number of nitrogens with zero attached hydrogens (tertiary/aromatic N) is 5. The number of halogens is 1. The van der Waals surface area contributed by atoms with Crippen molar-refractivity contribution in [2.45, 2.75) is 19.9 Å². The summed E-state index contributed by atoms with van der Waals surface area (Å²) in [5.41, 5.74) is 1.75. The van der Waals surface area contributed by atoms with Crippen molar-refractivity contribution in [1.29, 1.82) is 0 Å². The molecule has 3 heterocycles. The van der Waals surface area contributed by atoms with E-state index in [9.17, 15) is 9.50 Å². The van der Waals surface area contributed by atoms with Crippen LogP contribution in [0.3, 0.4) is 0 Å². The predicted octanol–water partition coefficient (Wildman–Crippen LogP) is 2.21. The summed E-state index contributed by atoms with van der Waals surface area (Å²) < 4.78 is 13.6. The first-order valence-corrected chi connectivity index (χ1v) is 9.24. The number of hydrogen-bond donors (Lipinski definition) is 3. The largest absolute Gasteiger partial charge is 0.507 e. The molecule has 1 fully saturated rings. The van der Waals surface area contributed by atoms with Crippen molar-refractivity contribution in [3.63, 3.8) is 0 Å². The van der Waals surface area contributed by atoms with Gasteiger partial charge in [-0.2, -0.15) is 4.39 Å². The molecule has 146 valence electrons. The molecule has 3 N–H and O–H groups in total. The second-order valence-corrected chi connectivity index (χ2v) is 7.22. The number of hydrogen-bond acceptors (Lipinski definition) is 7. The van der Waals surface area contributed by atoms with Crippen LogP contribution >= 0.6 is 0 Å². The summed E-state index contributed by atoms with van der Waals surface area (Å²) in [5, 5.41) is 28.3. The van der Waals surface area contributed by atoms with Crippen LogP contribution in [0.4, 0.5) is 10.3 Å². The van der Waals surface area contributed by atoms with E-state index < -0.39 is 5.95 Å². The first-order chi connectivity index (χ1) is 13.5. The quantitative estimate of drug-likeness (QED) is 0.635. The standard InChI is InChI=1S/C19H22FN7O/c1-11(2)16-10-27(6-5-21-16)19-22-9-15(24-26-19)13-4-3-12(7-17(13)28)14-8-23-25-18(14)20/h3-4,7-9,11,16,21,28H,5-6,10H2,1-2H3,(H,23,25). The first-order valence-electron chi connectivity index (χ1n) is 9.24. The Bertz CT molecular complexity index is 957. The van der Waals surface area contributed by atoms with Crippen LogP contribution in [0.25, 0.3) is 22.4 Å². The van der Waals surface area contributed by atoms with Crippen molar-refractivity contribution in [1.82, 2.24) is 30.7 Å². The lowest BCUT2D eigenvalue weighted by atomic mass is 10.0. The van der Waals surface area contributed by atoms with Crippen LogP contribution in [0.15, 0.2) is 30.6 Å². The molecule has 0 amide bonds. The number of benzene rings is 1. The zero-order valence-corrected chi connectivity index (χ0v) is 15.7. The Morgan fingerprint density at radius 1 is 1.25 bits per heavy atom. The fourth-order valence-corrected chi connectivity index (χ4v) is 3.34. The van der Waals surface area contributed by atoms with Gasteiger partial charge in [-0.15, -0.1) is 15.3 Å². The molecule has 9 heteroatoms. The van der Waals surface area contributed by atoms with Gasteiger partial charge >= 0.3 is 0 Å². The van der Waals surface area contributed by atoms with E-state index in [4.69, 9.17) is 0 Å². The van der Waals surface area contributed by atoms with Crippen molar-refractivity contribution >= 4 is 5.95 Å². The van der Waals surface area contributed by atoms with E-state index in [1.807, 2.05) is 0 Å². The molecule has 0 spiro atoms. The molecule has 0 aliphatic carbocycles. The summed E-state index contributed by atoms with van der Waals surface area (Å²) in [6.45, 7) is 6.90. The Balaban J connectivity index is 1.55. The van der Waals surface area contributed by atoms with Crippen LogP contribution in [0.1, 0.15) is 13.8 Å². The molecule has 3 aromatic rings. The van der Waals surface area contributed by atoms with Gasteiger partial charge in [-0.05, 0) is 23.6 Å². The van der Waals surface area contributed by atoms with Crippen molar-refractivity contribution in [3.8, 4) is 28.1 Å². The van der Waals surface area contributed by atoms with E-state index in [1.54, 1.807) is 18.3 Å². The Hall–Kier alpha value is -3.07. The van der Waals surface area contributed by atoms with E-state index >= 15 is 0 Å². The molecule has 0 saturated carbocycles. The number of H-pyrrole nitrogens is 1. The molecular weight excluding hydrogens is 361 g/mol. The van der Waals surface area contributed by atoms with Crippen LogP contribution in [-0.2, 0) is 0 Å². The van der Waals surface area contributed by atoms with E-state index in [2.05, 4.69) is 49.4 Å². The molecule has 28 heavy (non-hydrogen) atoms. The van der Waals surface area contributed by atoms with Gasteiger partial charge in [0.1, 0.15) is 11.4 Å². The predicted molar refractivity (Wildman–Crippen MR) is 103 cm³/mol. The maximum Gasteiger partial charge on any atom is 0.245 e. The van der Waals surface area contributed by atoms with E-state index in [0.29, 0.717) is 40.3 Å². The summed E-state index contributed by atoms with van der Waals surface area (Å²) in [5.74, 6) is 0.454. The van der Waals surface area contributed by atoms with Gasteiger partial charge in [-0.1, -0.05) is 19.9 Å². The molecule has 1 aromatic carbocycles. The van der Waals surface area contributed by atoms with Crippen LogP contribution in [0, 0.1) is 11.9 Å². The summed E-state index contributed by atoms with van der Waals surface area (Å²) in [4.78, 5) is 6.55. The van der Waals surface area contributed by atoms with Gasteiger partial charge in [0.25, 0.3) is 0 Å². The Morgan fingerprint density at radius 2 is 2.11 bits per heavy atom. The number of piperazine rings is 1. The number of anilines is 1. The number of nitrogens with one attached hydrogen (secondary N) is 2. The molecule has 0 radical (unpaired) electrons. The molecule has 0 bridgehead atoms. The first kappa shape index (κ1) is 18.3. The Kier molecular flexibility index (Phi) is 4.91.